The fourth-order valence-corrected chi connectivity index (χ4v) is 2.29. The molecule has 0 radical (unpaired) electrons. The first-order valence-electron chi connectivity index (χ1n) is 7.07. The number of nitrogens with one attached hydrogen (secondary N) is 1. The highest BCUT2D eigenvalue weighted by atomic mass is 15.1. The molecule has 0 aliphatic rings. The van der Waals surface area contributed by atoms with Crippen molar-refractivity contribution in [3.05, 3.63) is 42.2 Å². The van der Waals surface area contributed by atoms with E-state index in [9.17, 15) is 0 Å². The number of nitrogens with zero attached hydrogens (tertiary/aromatic N) is 2. The number of benzene rings is 1. The van der Waals surface area contributed by atoms with Gasteiger partial charge in [-0.2, -0.15) is 0 Å². The fraction of sp³-hybridized carbons (Fsp3) is 0.438. The van der Waals surface area contributed by atoms with Gasteiger partial charge in [-0.1, -0.05) is 32.6 Å². The topological polar surface area (TPSA) is 29.9 Å². The van der Waals surface area contributed by atoms with Crippen molar-refractivity contribution in [3.63, 3.8) is 0 Å². The standard InChI is InChI=1S/C16H23N3/c1-4-10-17-11-13(3)12-19-15-9-7-6-8-14(15)18-16(19)5-2/h6-9,17H,3-5,10-12H2,1-2H3. The first-order chi connectivity index (χ1) is 9.26. The van der Waals surface area contributed by atoms with Crippen LogP contribution >= 0.6 is 0 Å². The Balaban J connectivity index is 2.16. The lowest BCUT2D eigenvalue weighted by molar-refractivity contribution is 0.666. The SMILES string of the molecule is C=C(CNCCC)Cn1c(CC)nc2ccccc21. The first kappa shape index (κ1) is 13.8. The molecule has 19 heavy (non-hydrogen) atoms. The molecule has 0 atom stereocenters. The summed E-state index contributed by atoms with van der Waals surface area (Å²) in [4.78, 5) is 4.68. The lowest BCUT2D eigenvalue weighted by Gasteiger charge is -2.11. The highest BCUT2D eigenvalue weighted by Crippen LogP contribution is 2.17. The number of imidazole rings is 1. The molecule has 3 nitrogen and oxygen atoms in total. The second kappa shape index (κ2) is 6.53. The molecule has 0 bridgehead atoms. The van der Waals surface area contributed by atoms with Crippen molar-refractivity contribution < 1.29 is 0 Å². The van der Waals surface area contributed by atoms with Gasteiger partial charge in [0.1, 0.15) is 5.82 Å². The second-order valence-corrected chi connectivity index (χ2v) is 4.88. The van der Waals surface area contributed by atoms with Gasteiger partial charge in [0, 0.05) is 19.5 Å². The fourth-order valence-electron chi connectivity index (χ4n) is 2.29. The third kappa shape index (κ3) is 3.24. The molecule has 1 N–H and O–H groups in total. The highest BCUT2D eigenvalue weighted by molar-refractivity contribution is 5.76. The van der Waals surface area contributed by atoms with E-state index in [4.69, 9.17) is 0 Å². The molecule has 1 aromatic heterocycles. The molecule has 0 saturated heterocycles. The summed E-state index contributed by atoms with van der Waals surface area (Å²) in [6.45, 7) is 11.3. The predicted octanol–water partition coefficient (Wildman–Crippen LogP) is 3.15. The van der Waals surface area contributed by atoms with Crippen LogP contribution in [-0.4, -0.2) is 22.6 Å². The molecule has 3 heteroatoms. The zero-order valence-corrected chi connectivity index (χ0v) is 11.9. The summed E-state index contributed by atoms with van der Waals surface area (Å²) in [5, 5.41) is 3.40. The summed E-state index contributed by atoms with van der Waals surface area (Å²) in [5.41, 5.74) is 3.48. The molecule has 0 fully saturated rings. The van der Waals surface area contributed by atoms with Crippen LogP contribution in [0.1, 0.15) is 26.1 Å². The Morgan fingerprint density at radius 1 is 1.32 bits per heavy atom. The molecule has 0 saturated carbocycles. The third-order valence-corrected chi connectivity index (χ3v) is 3.23. The Kier molecular flexibility index (Phi) is 4.74. The first-order valence-corrected chi connectivity index (χ1v) is 7.07. The predicted molar refractivity (Wildman–Crippen MR) is 81.4 cm³/mol. The number of rotatable bonds is 7. The van der Waals surface area contributed by atoms with Gasteiger partial charge in [0.05, 0.1) is 11.0 Å². The van der Waals surface area contributed by atoms with E-state index in [0.29, 0.717) is 0 Å². The number of fused-ring (bicyclic) bond motifs is 1. The van der Waals surface area contributed by atoms with Crippen LogP contribution in [0.5, 0.6) is 0 Å². The van der Waals surface area contributed by atoms with Crippen molar-refractivity contribution in [1.29, 1.82) is 0 Å². The summed E-state index contributed by atoms with van der Waals surface area (Å²) in [6.07, 6.45) is 2.10. The monoisotopic (exact) mass is 257 g/mol. The molecule has 2 aromatic rings. The van der Waals surface area contributed by atoms with E-state index in [2.05, 4.69) is 53.5 Å². The van der Waals surface area contributed by atoms with Crippen LogP contribution in [-0.2, 0) is 13.0 Å². The van der Waals surface area contributed by atoms with E-state index < -0.39 is 0 Å². The van der Waals surface area contributed by atoms with Crippen molar-refractivity contribution in [2.24, 2.45) is 0 Å². The van der Waals surface area contributed by atoms with Crippen LogP contribution in [0, 0.1) is 0 Å². The maximum Gasteiger partial charge on any atom is 0.109 e. The van der Waals surface area contributed by atoms with Crippen molar-refractivity contribution in [3.8, 4) is 0 Å². The highest BCUT2D eigenvalue weighted by Gasteiger charge is 2.09. The molecule has 0 spiro atoms. The van der Waals surface area contributed by atoms with E-state index in [1.165, 1.54) is 11.1 Å². The zero-order chi connectivity index (χ0) is 13.7. The van der Waals surface area contributed by atoms with Crippen molar-refractivity contribution in [2.75, 3.05) is 13.1 Å². The van der Waals surface area contributed by atoms with Gasteiger partial charge >= 0.3 is 0 Å². The molecule has 0 aliphatic heterocycles. The summed E-state index contributed by atoms with van der Waals surface area (Å²) >= 11 is 0. The van der Waals surface area contributed by atoms with E-state index >= 15 is 0 Å². The number of hydrogen-bond acceptors (Lipinski definition) is 2. The lowest BCUT2D eigenvalue weighted by Crippen LogP contribution is -2.20. The Morgan fingerprint density at radius 3 is 2.84 bits per heavy atom. The Bertz CT molecular complexity index is 554. The smallest absolute Gasteiger partial charge is 0.109 e. The van der Waals surface area contributed by atoms with Gasteiger partial charge in [-0.15, -0.1) is 0 Å². The Hall–Kier alpha value is -1.61. The van der Waals surface area contributed by atoms with E-state index in [-0.39, 0.29) is 0 Å². The van der Waals surface area contributed by atoms with Gasteiger partial charge in [-0.25, -0.2) is 4.98 Å². The van der Waals surface area contributed by atoms with Crippen LogP contribution in [0.15, 0.2) is 36.4 Å². The molecule has 1 aromatic carbocycles. The molecule has 2 rings (SSSR count). The van der Waals surface area contributed by atoms with Crippen LogP contribution in [0.2, 0.25) is 0 Å². The zero-order valence-electron chi connectivity index (χ0n) is 11.9. The number of aryl methyl sites for hydroxylation is 1. The molecular formula is C16H23N3. The molecule has 0 unspecified atom stereocenters. The number of para-hydroxylation sites is 2. The minimum Gasteiger partial charge on any atom is -0.324 e. The average Bonchev–Trinajstić information content (AvgIpc) is 2.77. The van der Waals surface area contributed by atoms with E-state index in [1.807, 2.05) is 6.07 Å². The maximum atomic E-state index is 4.68. The summed E-state index contributed by atoms with van der Waals surface area (Å²) < 4.78 is 2.28. The molecule has 1 heterocycles. The van der Waals surface area contributed by atoms with Crippen LogP contribution in [0.25, 0.3) is 11.0 Å². The van der Waals surface area contributed by atoms with Gasteiger partial charge in [0.25, 0.3) is 0 Å². The molecule has 0 amide bonds. The minimum absolute atomic E-state index is 0.848. The number of aromatic nitrogens is 2. The minimum atomic E-state index is 0.848. The van der Waals surface area contributed by atoms with Crippen molar-refractivity contribution >= 4 is 11.0 Å². The molecular weight excluding hydrogens is 234 g/mol. The van der Waals surface area contributed by atoms with Crippen LogP contribution in [0.4, 0.5) is 0 Å². The van der Waals surface area contributed by atoms with Gasteiger partial charge < -0.3 is 9.88 Å². The Labute approximate surface area is 115 Å². The average molecular weight is 257 g/mol. The normalized spacial score (nSPS) is 11.1. The largest absolute Gasteiger partial charge is 0.324 e. The van der Waals surface area contributed by atoms with Crippen molar-refractivity contribution in [2.45, 2.75) is 33.2 Å². The number of hydrogen-bond donors (Lipinski definition) is 1. The van der Waals surface area contributed by atoms with Gasteiger partial charge in [0.2, 0.25) is 0 Å². The second-order valence-electron chi connectivity index (χ2n) is 4.88. The summed E-state index contributed by atoms with van der Waals surface area (Å²) in [7, 11) is 0. The van der Waals surface area contributed by atoms with E-state index in [1.54, 1.807) is 0 Å². The maximum absolute atomic E-state index is 4.68. The van der Waals surface area contributed by atoms with Crippen molar-refractivity contribution in [1.82, 2.24) is 14.9 Å². The van der Waals surface area contributed by atoms with Crippen LogP contribution < -0.4 is 5.32 Å². The van der Waals surface area contributed by atoms with Crippen LogP contribution in [0.3, 0.4) is 0 Å². The van der Waals surface area contributed by atoms with Gasteiger partial charge in [-0.3, -0.25) is 0 Å². The molecule has 102 valence electrons. The quantitative estimate of drug-likeness (QED) is 0.610. The Morgan fingerprint density at radius 2 is 2.11 bits per heavy atom. The third-order valence-electron chi connectivity index (χ3n) is 3.23. The van der Waals surface area contributed by atoms with Gasteiger partial charge in [0.15, 0.2) is 0 Å². The lowest BCUT2D eigenvalue weighted by atomic mass is 10.2. The summed E-state index contributed by atoms with van der Waals surface area (Å²) in [5.74, 6) is 1.14. The van der Waals surface area contributed by atoms with Gasteiger partial charge in [-0.05, 0) is 30.7 Å². The molecule has 0 aliphatic carbocycles. The summed E-state index contributed by atoms with van der Waals surface area (Å²) in [6, 6.07) is 8.31. The van der Waals surface area contributed by atoms with E-state index in [0.717, 1.165) is 43.8 Å².